The molecule has 0 atom stereocenters. The monoisotopic (exact) mass is 226 g/mol. The lowest BCUT2D eigenvalue weighted by Crippen LogP contribution is -1.80. The van der Waals surface area contributed by atoms with Gasteiger partial charge in [-0.3, -0.25) is 0 Å². The third kappa shape index (κ3) is 1.26. The summed E-state index contributed by atoms with van der Waals surface area (Å²) in [6, 6.07) is 27.7. The molecule has 0 N–H and O–H groups in total. The molecule has 4 rings (SSSR count). The lowest BCUT2D eigenvalue weighted by atomic mass is 9.97. The van der Waals surface area contributed by atoms with E-state index in [0.717, 1.165) is 10.8 Å². The van der Waals surface area contributed by atoms with Crippen molar-refractivity contribution in [2.24, 2.45) is 0 Å². The van der Waals surface area contributed by atoms with Crippen molar-refractivity contribution in [1.29, 1.82) is 0 Å². The average molecular weight is 226 g/mol. The molecule has 0 unspecified atom stereocenters. The van der Waals surface area contributed by atoms with Gasteiger partial charge in [0.2, 0.25) is 0 Å². The average Bonchev–Trinajstić information content (AvgIpc) is 2.46. The van der Waals surface area contributed by atoms with Gasteiger partial charge < -0.3 is 0 Å². The highest BCUT2D eigenvalue weighted by Gasteiger charge is 2.03. The molecule has 4 aromatic rings. The molecule has 82 valence electrons. The molecule has 0 aliphatic carbocycles. The second kappa shape index (κ2) is 3.58. The molecule has 0 fully saturated rings. The minimum absolute atomic E-state index is 1.15. The third-order valence-corrected chi connectivity index (χ3v) is 3.46. The van der Waals surface area contributed by atoms with Gasteiger partial charge in [-0.15, -0.1) is 0 Å². The standard InChI is InChI=1S/C18H10/c1-3-7-15-13(5-1)9-11-18-16-8-4-2-6-14(16)10-12-17(15)18/h1-7,9-10,12H. The maximum atomic E-state index is 3.41. The molecular formula is C18H10. The molecule has 0 aromatic heterocycles. The molecular weight excluding hydrogens is 216 g/mol. The van der Waals surface area contributed by atoms with Crippen LogP contribution in [0.1, 0.15) is 0 Å². The van der Waals surface area contributed by atoms with E-state index < -0.39 is 0 Å². The van der Waals surface area contributed by atoms with E-state index in [1.54, 1.807) is 0 Å². The van der Waals surface area contributed by atoms with Gasteiger partial charge in [0.1, 0.15) is 0 Å². The van der Waals surface area contributed by atoms with Crippen molar-refractivity contribution in [2.75, 3.05) is 0 Å². The summed E-state index contributed by atoms with van der Waals surface area (Å²) in [5.74, 6) is 0. The second-order valence-electron chi connectivity index (χ2n) is 4.50. The SMILES string of the molecule is [c]1cccc2ccc3c([c]cc4ccccc43)c12. The van der Waals surface area contributed by atoms with Gasteiger partial charge in [0.15, 0.2) is 0 Å². The smallest absolute Gasteiger partial charge is 0.00139 e. The van der Waals surface area contributed by atoms with E-state index in [1.165, 1.54) is 21.5 Å². The van der Waals surface area contributed by atoms with E-state index in [2.05, 4.69) is 60.7 Å². The largest absolute Gasteiger partial charge is 0.0616 e. The van der Waals surface area contributed by atoms with Crippen molar-refractivity contribution in [3.05, 3.63) is 72.8 Å². The summed E-state index contributed by atoms with van der Waals surface area (Å²) in [7, 11) is 0. The predicted molar refractivity (Wildman–Crippen MR) is 76.6 cm³/mol. The molecule has 0 aliphatic rings. The predicted octanol–water partition coefficient (Wildman–Crippen LogP) is 4.75. The van der Waals surface area contributed by atoms with Crippen LogP contribution in [0.5, 0.6) is 0 Å². The zero-order valence-corrected chi connectivity index (χ0v) is 9.77. The molecule has 4 aromatic carbocycles. The molecule has 0 bridgehead atoms. The summed E-state index contributed by atoms with van der Waals surface area (Å²) < 4.78 is 0. The van der Waals surface area contributed by atoms with Crippen LogP contribution in [0.25, 0.3) is 32.3 Å². The summed E-state index contributed by atoms with van der Waals surface area (Å²) in [5, 5.41) is 7.30. The summed E-state index contributed by atoms with van der Waals surface area (Å²) in [5.41, 5.74) is 0. The number of rotatable bonds is 0. The molecule has 0 heteroatoms. The first kappa shape index (κ1) is 9.67. The Bertz CT molecular complexity index is 797. The molecule has 0 nitrogen and oxygen atoms in total. The molecule has 0 saturated carbocycles. The Hall–Kier alpha value is -2.34. The van der Waals surface area contributed by atoms with Gasteiger partial charge >= 0.3 is 0 Å². The molecule has 18 heavy (non-hydrogen) atoms. The highest BCUT2D eigenvalue weighted by Crippen LogP contribution is 2.30. The minimum atomic E-state index is 1.15. The van der Waals surface area contributed by atoms with E-state index >= 15 is 0 Å². The molecule has 0 amide bonds. The van der Waals surface area contributed by atoms with Crippen molar-refractivity contribution in [3.63, 3.8) is 0 Å². The Morgan fingerprint density at radius 2 is 1.50 bits per heavy atom. The van der Waals surface area contributed by atoms with Crippen molar-refractivity contribution < 1.29 is 0 Å². The van der Waals surface area contributed by atoms with Crippen LogP contribution in [0.15, 0.2) is 60.7 Å². The number of fused-ring (bicyclic) bond motifs is 5. The van der Waals surface area contributed by atoms with Crippen LogP contribution in [0.4, 0.5) is 0 Å². The molecule has 0 aliphatic heterocycles. The van der Waals surface area contributed by atoms with E-state index in [-0.39, 0.29) is 0 Å². The minimum Gasteiger partial charge on any atom is -0.0616 e. The van der Waals surface area contributed by atoms with Crippen molar-refractivity contribution in [3.8, 4) is 0 Å². The van der Waals surface area contributed by atoms with Crippen molar-refractivity contribution >= 4 is 32.3 Å². The Morgan fingerprint density at radius 1 is 0.611 bits per heavy atom. The van der Waals surface area contributed by atoms with Crippen LogP contribution in [0, 0.1) is 12.1 Å². The van der Waals surface area contributed by atoms with Crippen LogP contribution in [-0.4, -0.2) is 0 Å². The summed E-state index contributed by atoms with van der Waals surface area (Å²) in [6.07, 6.45) is 0. The quantitative estimate of drug-likeness (QED) is 0.380. The molecule has 0 saturated heterocycles. The van der Waals surface area contributed by atoms with Crippen molar-refractivity contribution in [2.45, 2.75) is 0 Å². The fraction of sp³-hybridized carbons (Fsp3) is 0. The van der Waals surface area contributed by atoms with Crippen LogP contribution in [0.3, 0.4) is 0 Å². The maximum absolute atomic E-state index is 3.41. The highest BCUT2D eigenvalue weighted by molar-refractivity contribution is 6.16. The van der Waals surface area contributed by atoms with Gasteiger partial charge in [0.25, 0.3) is 0 Å². The first-order valence-electron chi connectivity index (χ1n) is 6.06. The molecule has 2 radical (unpaired) electrons. The number of benzene rings is 4. The van der Waals surface area contributed by atoms with Gasteiger partial charge in [0, 0.05) is 0 Å². The zero-order valence-electron chi connectivity index (χ0n) is 9.77. The molecule has 0 heterocycles. The summed E-state index contributed by atoms with van der Waals surface area (Å²) in [6.45, 7) is 0. The normalized spacial score (nSPS) is 11.3. The van der Waals surface area contributed by atoms with Crippen LogP contribution in [0.2, 0.25) is 0 Å². The van der Waals surface area contributed by atoms with Crippen LogP contribution < -0.4 is 0 Å². The number of hydrogen-bond acceptors (Lipinski definition) is 0. The Morgan fingerprint density at radius 3 is 2.50 bits per heavy atom. The fourth-order valence-corrected chi connectivity index (χ4v) is 2.59. The van der Waals surface area contributed by atoms with Gasteiger partial charge in [-0.1, -0.05) is 54.6 Å². The van der Waals surface area contributed by atoms with Gasteiger partial charge in [-0.25, -0.2) is 0 Å². The van der Waals surface area contributed by atoms with E-state index in [4.69, 9.17) is 0 Å². The Balaban J connectivity index is 2.31. The fourth-order valence-electron chi connectivity index (χ4n) is 2.59. The second-order valence-corrected chi connectivity index (χ2v) is 4.50. The first-order chi connectivity index (χ1) is 8.93. The van der Waals surface area contributed by atoms with Gasteiger partial charge in [-0.05, 0) is 50.5 Å². The summed E-state index contributed by atoms with van der Waals surface area (Å²) >= 11 is 0. The Labute approximate surface area is 105 Å². The van der Waals surface area contributed by atoms with E-state index in [9.17, 15) is 0 Å². The zero-order chi connectivity index (χ0) is 11.9. The van der Waals surface area contributed by atoms with Gasteiger partial charge in [0.05, 0.1) is 0 Å². The Kier molecular flexibility index (Phi) is 1.92. The van der Waals surface area contributed by atoms with Crippen molar-refractivity contribution in [1.82, 2.24) is 0 Å². The third-order valence-electron chi connectivity index (χ3n) is 3.46. The topological polar surface area (TPSA) is 0 Å². The van der Waals surface area contributed by atoms with Crippen LogP contribution in [-0.2, 0) is 0 Å². The summed E-state index contributed by atoms with van der Waals surface area (Å²) in [4.78, 5) is 0. The van der Waals surface area contributed by atoms with E-state index in [1.807, 2.05) is 12.1 Å². The maximum Gasteiger partial charge on any atom is -0.00139 e. The lowest BCUT2D eigenvalue weighted by molar-refractivity contribution is 1.76. The van der Waals surface area contributed by atoms with E-state index in [0.29, 0.717) is 0 Å². The lowest BCUT2D eigenvalue weighted by Gasteiger charge is -2.06. The number of hydrogen-bond donors (Lipinski definition) is 0. The molecule has 0 spiro atoms. The van der Waals surface area contributed by atoms with Gasteiger partial charge in [-0.2, -0.15) is 0 Å². The first-order valence-corrected chi connectivity index (χ1v) is 6.06. The highest BCUT2D eigenvalue weighted by atomic mass is 14.1. The van der Waals surface area contributed by atoms with Crippen LogP contribution >= 0.6 is 0 Å².